The maximum absolute atomic E-state index is 13.2. The van der Waals surface area contributed by atoms with Gasteiger partial charge in [0.15, 0.2) is 6.29 Å². The van der Waals surface area contributed by atoms with Crippen molar-refractivity contribution in [3.8, 4) is 6.07 Å². The number of anilines is 1. The van der Waals surface area contributed by atoms with Crippen LogP contribution >= 0.6 is 0 Å². The highest BCUT2D eigenvalue weighted by atomic mass is 16.2. The molecule has 36 heavy (non-hydrogen) atoms. The number of fused-ring (bicyclic) bond motifs is 1. The summed E-state index contributed by atoms with van der Waals surface area (Å²) in [7, 11) is 1.91. The van der Waals surface area contributed by atoms with E-state index in [9.17, 15) is 19.6 Å². The molecule has 3 N–H and O–H groups in total. The van der Waals surface area contributed by atoms with Crippen LogP contribution in [0.5, 0.6) is 0 Å². The Labute approximate surface area is 210 Å². The van der Waals surface area contributed by atoms with E-state index in [0.29, 0.717) is 67.5 Å². The summed E-state index contributed by atoms with van der Waals surface area (Å²) in [6.45, 7) is 6.76. The largest absolute Gasteiger partial charge is 0.382 e. The van der Waals surface area contributed by atoms with Gasteiger partial charge in [-0.05, 0) is 45.4 Å². The van der Waals surface area contributed by atoms with Crippen LogP contribution in [0.2, 0.25) is 0 Å². The van der Waals surface area contributed by atoms with Crippen molar-refractivity contribution in [1.82, 2.24) is 30.7 Å². The second-order valence-electron chi connectivity index (χ2n) is 9.59. The normalized spacial score (nSPS) is 18.3. The van der Waals surface area contributed by atoms with E-state index >= 15 is 0 Å². The van der Waals surface area contributed by atoms with E-state index in [1.165, 1.54) is 4.90 Å². The van der Waals surface area contributed by atoms with Gasteiger partial charge in [0.1, 0.15) is 17.3 Å². The molecule has 1 aromatic rings. The molecule has 3 aliphatic rings. The molecule has 1 saturated heterocycles. The Hall–Kier alpha value is -3.91. The number of rotatable bonds is 6. The lowest BCUT2D eigenvalue weighted by molar-refractivity contribution is -0.136. The van der Waals surface area contributed by atoms with Crippen LogP contribution in [0.1, 0.15) is 41.9 Å². The second-order valence-corrected chi connectivity index (χ2v) is 9.59. The van der Waals surface area contributed by atoms with Gasteiger partial charge in [-0.2, -0.15) is 5.26 Å². The van der Waals surface area contributed by atoms with E-state index in [2.05, 4.69) is 27.0 Å². The zero-order chi connectivity index (χ0) is 25.8. The average molecular weight is 493 g/mol. The van der Waals surface area contributed by atoms with Gasteiger partial charge >= 0.3 is 6.03 Å². The van der Waals surface area contributed by atoms with Crippen molar-refractivity contribution in [1.29, 1.82) is 5.26 Å². The molecule has 3 aliphatic heterocycles. The number of nitriles is 1. The fourth-order valence-corrected chi connectivity index (χ4v) is 4.55. The lowest BCUT2D eigenvalue weighted by Gasteiger charge is -2.33. The van der Waals surface area contributed by atoms with Crippen molar-refractivity contribution in [2.75, 3.05) is 44.7 Å². The first-order chi connectivity index (χ1) is 17.3. The molecule has 190 valence electrons. The smallest absolute Gasteiger partial charge is 0.328 e. The fourth-order valence-electron chi connectivity index (χ4n) is 4.55. The molecule has 1 aromatic heterocycles. The summed E-state index contributed by atoms with van der Waals surface area (Å²) in [6, 6.07) is 3.84. The van der Waals surface area contributed by atoms with E-state index in [0.717, 1.165) is 24.9 Å². The number of nitrogens with one attached hydrogen (secondary N) is 3. The standard InChI is InChI=1S/C25H32N8O3/c1-16(2)28-20-10-22(27-12-19(20)11-26)30-25(36)33-6-4-5-17-9-18(21(15-34)29-24(17)33)13-32-8-7-31(3)14-23(32)35/h9-10,15-16,27-28H,4-8,12-14H2,1-3H3,(H,30,36). The number of hydrogen-bond acceptors (Lipinski definition) is 8. The number of aromatic nitrogens is 1. The molecule has 1 fully saturated rings. The van der Waals surface area contributed by atoms with Gasteiger partial charge in [0.25, 0.3) is 0 Å². The maximum Gasteiger partial charge on any atom is 0.328 e. The van der Waals surface area contributed by atoms with Crippen molar-refractivity contribution in [2.45, 2.75) is 39.3 Å². The van der Waals surface area contributed by atoms with Gasteiger partial charge in [-0.25, -0.2) is 9.78 Å². The van der Waals surface area contributed by atoms with Crippen LogP contribution in [-0.4, -0.2) is 78.8 Å². The Morgan fingerprint density at radius 3 is 2.83 bits per heavy atom. The van der Waals surface area contributed by atoms with E-state index in [1.54, 1.807) is 11.0 Å². The first kappa shape index (κ1) is 25.2. The Kier molecular flexibility index (Phi) is 7.55. The van der Waals surface area contributed by atoms with Gasteiger partial charge in [0, 0.05) is 43.9 Å². The minimum absolute atomic E-state index is 0.0208. The van der Waals surface area contributed by atoms with Gasteiger partial charge in [0.05, 0.1) is 30.4 Å². The van der Waals surface area contributed by atoms with Crippen LogP contribution in [-0.2, 0) is 17.8 Å². The highest BCUT2D eigenvalue weighted by Gasteiger charge is 2.28. The number of hydrogen-bond donors (Lipinski definition) is 3. The summed E-state index contributed by atoms with van der Waals surface area (Å²) in [5.41, 5.74) is 3.04. The molecular formula is C25H32N8O3. The first-order valence-electron chi connectivity index (χ1n) is 12.2. The summed E-state index contributed by atoms with van der Waals surface area (Å²) in [5.74, 6) is 0.960. The molecule has 0 spiro atoms. The van der Waals surface area contributed by atoms with Gasteiger partial charge in [-0.3, -0.25) is 24.7 Å². The first-order valence-corrected chi connectivity index (χ1v) is 12.2. The number of likely N-dealkylation sites (N-methyl/N-ethyl adjacent to an activating group) is 1. The molecule has 0 aliphatic carbocycles. The molecule has 0 atom stereocenters. The molecule has 11 heteroatoms. The molecule has 4 rings (SSSR count). The number of carbonyl (C=O) groups is 3. The molecule has 0 radical (unpaired) electrons. The van der Waals surface area contributed by atoms with E-state index < -0.39 is 0 Å². The lowest BCUT2D eigenvalue weighted by atomic mass is 10.0. The van der Waals surface area contributed by atoms with Crippen LogP contribution in [0.4, 0.5) is 10.6 Å². The minimum Gasteiger partial charge on any atom is -0.382 e. The van der Waals surface area contributed by atoms with Crippen molar-refractivity contribution in [3.63, 3.8) is 0 Å². The lowest BCUT2D eigenvalue weighted by Crippen LogP contribution is -2.48. The number of dihydropyridines is 1. The van der Waals surface area contributed by atoms with E-state index in [1.807, 2.05) is 31.9 Å². The monoisotopic (exact) mass is 492 g/mol. The van der Waals surface area contributed by atoms with Crippen molar-refractivity contribution in [2.24, 2.45) is 0 Å². The second kappa shape index (κ2) is 10.8. The Bertz CT molecular complexity index is 1170. The molecule has 3 amide bonds. The highest BCUT2D eigenvalue weighted by Crippen LogP contribution is 2.28. The fraction of sp³-hybridized carbons (Fsp3) is 0.480. The van der Waals surface area contributed by atoms with Crippen molar-refractivity contribution < 1.29 is 14.4 Å². The predicted octanol–water partition coefficient (Wildman–Crippen LogP) is 0.851. The summed E-state index contributed by atoms with van der Waals surface area (Å²) in [4.78, 5) is 47.4. The summed E-state index contributed by atoms with van der Waals surface area (Å²) in [5, 5.41) is 18.6. The van der Waals surface area contributed by atoms with Gasteiger partial charge in [-0.1, -0.05) is 0 Å². The quantitative estimate of drug-likeness (QED) is 0.498. The van der Waals surface area contributed by atoms with Gasteiger partial charge in [-0.15, -0.1) is 0 Å². The molecular weight excluding hydrogens is 460 g/mol. The number of nitrogens with zero attached hydrogens (tertiary/aromatic N) is 5. The van der Waals surface area contributed by atoms with Crippen LogP contribution in [0, 0.1) is 11.3 Å². The maximum atomic E-state index is 13.2. The number of aryl methyl sites for hydroxylation is 1. The third kappa shape index (κ3) is 5.49. The summed E-state index contributed by atoms with van der Waals surface area (Å²) >= 11 is 0. The number of allylic oxidation sites excluding steroid dienone is 1. The van der Waals surface area contributed by atoms with Crippen LogP contribution in [0.3, 0.4) is 0 Å². The van der Waals surface area contributed by atoms with E-state index in [4.69, 9.17) is 0 Å². The summed E-state index contributed by atoms with van der Waals surface area (Å²) in [6.07, 6.45) is 3.88. The van der Waals surface area contributed by atoms with Crippen LogP contribution < -0.4 is 20.9 Å². The molecule has 4 heterocycles. The molecule has 0 bridgehead atoms. The van der Waals surface area contributed by atoms with Crippen molar-refractivity contribution >= 4 is 24.0 Å². The van der Waals surface area contributed by atoms with Crippen LogP contribution in [0.25, 0.3) is 0 Å². The van der Waals surface area contributed by atoms with Gasteiger partial charge in [0.2, 0.25) is 5.91 Å². The molecule has 11 nitrogen and oxygen atoms in total. The number of urea groups is 1. The zero-order valence-electron chi connectivity index (χ0n) is 20.9. The Morgan fingerprint density at radius 1 is 1.33 bits per heavy atom. The predicted molar refractivity (Wildman–Crippen MR) is 134 cm³/mol. The Morgan fingerprint density at radius 2 is 2.14 bits per heavy atom. The van der Waals surface area contributed by atoms with E-state index in [-0.39, 0.29) is 23.7 Å². The molecule has 0 aromatic carbocycles. The van der Waals surface area contributed by atoms with Crippen LogP contribution in [0.15, 0.2) is 29.2 Å². The third-order valence-corrected chi connectivity index (χ3v) is 6.39. The molecule has 0 saturated carbocycles. The number of amides is 3. The minimum atomic E-state index is -0.370. The highest BCUT2D eigenvalue weighted by molar-refractivity contribution is 5.94. The zero-order valence-corrected chi connectivity index (χ0v) is 20.9. The topological polar surface area (TPSA) is 134 Å². The number of pyridine rings is 1. The third-order valence-electron chi connectivity index (χ3n) is 6.39. The summed E-state index contributed by atoms with van der Waals surface area (Å²) < 4.78 is 0. The van der Waals surface area contributed by atoms with Crippen molar-refractivity contribution in [3.05, 3.63) is 46.1 Å². The molecule has 0 unspecified atom stereocenters. The number of piperazine rings is 1. The number of aldehydes is 1. The average Bonchev–Trinajstić information content (AvgIpc) is 2.84. The Balaban J connectivity index is 1.54. The van der Waals surface area contributed by atoms with Gasteiger partial charge < -0.3 is 15.5 Å². The SMILES string of the molecule is CC(C)NC1=C(C#N)CNC(NC(=O)N2CCCc3cc(CN4CCN(C)CC4=O)c(C=O)nc32)=C1. The number of carbonyl (C=O) groups excluding carboxylic acids is 3.